The van der Waals surface area contributed by atoms with Crippen molar-refractivity contribution in [2.45, 2.75) is 12.3 Å². The van der Waals surface area contributed by atoms with Crippen LogP contribution >= 0.6 is 0 Å². The van der Waals surface area contributed by atoms with Gasteiger partial charge in [0.2, 0.25) is 0 Å². The molecule has 3 nitrogen and oxygen atoms in total. The first-order valence-corrected chi connectivity index (χ1v) is 6.42. The third-order valence-corrected chi connectivity index (χ3v) is 3.47. The number of ether oxygens (including phenoxy) is 2. The number of hydrogen-bond donors (Lipinski definition) is 1. The maximum absolute atomic E-state index is 12.8. The summed E-state index contributed by atoms with van der Waals surface area (Å²) in [6.07, 6.45) is 1.75. The lowest BCUT2D eigenvalue weighted by Gasteiger charge is -2.11. The summed E-state index contributed by atoms with van der Waals surface area (Å²) in [5.41, 5.74) is 1.92. The van der Waals surface area contributed by atoms with Crippen molar-refractivity contribution in [1.82, 2.24) is 4.98 Å². The molecule has 1 aromatic carbocycles. The lowest BCUT2D eigenvalue weighted by molar-refractivity contribution is 0.0851. The molecular formula is C15H15F2NO2. The van der Waals surface area contributed by atoms with Crippen LogP contribution in [0.25, 0.3) is 11.3 Å². The summed E-state index contributed by atoms with van der Waals surface area (Å²) in [6.45, 7) is 0.0191. The van der Waals surface area contributed by atoms with E-state index in [1.165, 1.54) is 7.11 Å². The van der Waals surface area contributed by atoms with Crippen molar-refractivity contribution >= 4 is 0 Å². The number of aromatic amines is 1. The highest BCUT2D eigenvalue weighted by Gasteiger charge is 2.57. The van der Waals surface area contributed by atoms with E-state index in [0.717, 1.165) is 11.3 Å². The summed E-state index contributed by atoms with van der Waals surface area (Å²) in [5, 5.41) is 0. The first-order valence-electron chi connectivity index (χ1n) is 6.42. The molecule has 1 N–H and O–H groups in total. The van der Waals surface area contributed by atoms with Crippen LogP contribution in [0.1, 0.15) is 6.42 Å². The Hall–Kier alpha value is -2.04. The smallest absolute Gasteiger partial charge is 0.255 e. The largest absolute Gasteiger partial charge is 0.493 e. The molecule has 0 spiro atoms. The molecule has 0 amide bonds. The summed E-state index contributed by atoms with van der Waals surface area (Å²) >= 11 is 0. The molecule has 1 fully saturated rings. The Labute approximate surface area is 115 Å². The van der Waals surface area contributed by atoms with Crippen molar-refractivity contribution in [3.63, 3.8) is 0 Å². The SMILES string of the molecule is COc1cc(-c2ccc[nH]2)ccc1OC[C@@H]1CC1(F)F. The molecule has 5 heteroatoms. The van der Waals surface area contributed by atoms with Crippen LogP contribution in [-0.2, 0) is 0 Å². The van der Waals surface area contributed by atoms with Gasteiger partial charge in [-0.25, -0.2) is 8.78 Å². The van der Waals surface area contributed by atoms with Gasteiger partial charge in [-0.2, -0.15) is 0 Å². The summed E-state index contributed by atoms with van der Waals surface area (Å²) in [5.74, 6) is -2.20. The number of rotatable bonds is 5. The van der Waals surface area contributed by atoms with Crippen LogP contribution < -0.4 is 9.47 Å². The van der Waals surface area contributed by atoms with E-state index < -0.39 is 11.8 Å². The second-order valence-corrected chi connectivity index (χ2v) is 4.92. The van der Waals surface area contributed by atoms with Gasteiger partial charge in [-0.1, -0.05) is 0 Å². The first-order chi connectivity index (χ1) is 9.60. The maximum Gasteiger partial charge on any atom is 0.255 e. The van der Waals surface area contributed by atoms with E-state index >= 15 is 0 Å². The molecular weight excluding hydrogens is 264 g/mol. The average Bonchev–Trinajstić information content (AvgIpc) is 2.84. The van der Waals surface area contributed by atoms with Crippen LogP contribution in [0.15, 0.2) is 36.5 Å². The van der Waals surface area contributed by atoms with Gasteiger partial charge >= 0.3 is 0 Å². The van der Waals surface area contributed by atoms with E-state index in [-0.39, 0.29) is 13.0 Å². The van der Waals surface area contributed by atoms with Crippen molar-refractivity contribution in [3.05, 3.63) is 36.5 Å². The van der Waals surface area contributed by atoms with E-state index in [2.05, 4.69) is 4.98 Å². The molecule has 3 rings (SSSR count). The van der Waals surface area contributed by atoms with Crippen LogP contribution in [0.5, 0.6) is 11.5 Å². The predicted octanol–water partition coefficient (Wildman–Crippen LogP) is 3.72. The van der Waals surface area contributed by atoms with Crippen LogP contribution in [-0.4, -0.2) is 24.6 Å². The molecule has 0 radical (unpaired) electrons. The quantitative estimate of drug-likeness (QED) is 0.905. The minimum Gasteiger partial charge on any atom is -0.493 e. The number of H-pyrrole nitrogens is 1. The monoisotopic (exact) mass is 279 g/mol. The highest BCUT2D eigenvalue weighted by Crippen LogP contribution is 2.49. The van der Waals surface area contributed by atoms with Gasteiger partial charge < -0.3 is 14.5 Å². The Bertz CT molecular complexity index is 596. The Morgan fingerprint density at radius 3 is 2.70 bits per heavy atom. The van der Waals surface area contributed by atoms with Gasteiger partial charge in [-0.3, -0.25) is 0 Å². The van der Waals surface area contributed by atoms with Gasteiger partial charge in [-0.05, 0) is 30.3 Å². The molecule has 1 saturated carbocycles. The number of benzene rings is 1. The predicted molar refractivity (Wildman–Crippen MR) is 71.3 cm³/mol. The molecule has 0 unspecified atom stereocenters. The lowest BCUT2D eigenvalue weighted by atomic mass is 10.1. The Balaban J connectivity index is 1.74. The Morgan fingerprint density at radius 1 is 1.30 bits per heavy atom. The lowest BCUT2D eigenvalue weighted by Crippen LogP contribution is -2.06. The van der Waals surface area contributed by atoms with Crippen LogP contribution in [0.3, 0.4) is 0 Å². The molecule has 1 aliphatic carbocycles. The van der Waals surface area contributed by atoms with Crippen LogP contribution in [0.4, 0.5) is 8.78 Å². The van der Waals surface area contributed by atoms with Gasteiger partial charge in [0.25, 0.3) is 5.92 Å². The van der Waals surface area contributed by atoms with Crippen LogP contribution in [0, 0.1) is 5.92 Å². The molecule has 20 heavy (non-hydrogen) atoms. The summed E-state index contributed by atoms with van der Waals surface area (Å²) in [6, 6.07) is 9.29. The fraction of sp³-hybridized carbons (Fsp3) is 0.333. The van der Waals surface area contributed by atoms with E-state index in [0.29, 0.717) is 11.5 Å². The van der Waals surface area contributed by atoms with E-state index in [9.17, 15) is 8.78 Å². The van der Waals surface area contributed by atoms with Crippen molar-refractivity contribution in [2.24, 2.45) is 5.92 Å². The molecule has 1 atom stereocenters. The van der Waals surface area contributed by atoms with Crippen LogP contribution in [0.2, 0.25) is 0 Å². The topological polar surface area (TPSA) is 34.2 Å². The highest BCUT2D eigenvalue weighted by molar-refractivity contribution is 5.64. The normalized spacial score (nSPS) is 19.6. The standard InChI is InChI=1S/C15H15F2NO2/c1-19-14-7-10(12-3-2-6-18-12)4-5-13(14)20-9-11-8-15(11,16)17/h2-7,11,18H,8-9H2,1H3/t11-/m0/s1. The number of aromatic nitrogens is 1. The fourth-order valence-corrected chi connectivity index (χ4v) is 2.11. The maximum atomic E-state index is 12.8. The molecule has 1 aromatic heterocycles. The Morgan fingerprint density at radius 2 is 2.10 bits per heavy atom. The number of hydrogen-bond acceptors (Lipinski definition) is 2. The van der Waals surface area contributed by atoms with Crippen molar-refractivity contribution in [2.75, 3.05) is 13.7 Å². The minimum absolute atomic E-state index is 0.0191. The molecule has 1 aliphatic rings. The van der Waals surface area contributed by atoms with Crippen molar-refractivity contribution < 1.29 is 18.3 Å². The molecule has 106 valence electrons. The van der Waals surface area contributed by atoms with Crippen molar-refractivity contribution in [3.8, 4) is 22.8 Å². The number of methoxy groups -OCH3 is 1. The van der Waals surface area contributed by atoms with E-state index in [4.69, 9.17) is 9.47 Å². The van der Waals surface area contributed by atoms with Crippen molar-refractivity contribution in [1.29, 1.82) is 0 Å². The number of alkyl halides is 2. The summed E-state index contributed by atoms with van der Waals surface area (Å²) in [4.78, 5) is 3.10. The molecule has 0 aliphatic heterocycles. The molecule has 1 heterocycles. The third kappa shape index (κ3) is 2.48. The molecule has 0 bridgehead atoms. The zero-order valence-corrected chi connectivity index (χ0v) is 11.0. The van der Waals surface area contributed by atoms with E-state index in [1.54, 1.807) is 6.07 Å². The second-order valence-electron chi connectivity index (χ2n) is 4.92. The number of nitrogens with one attached hydrogen (secondary N) is 1. The molecule has 0 saturated heterocycles. The average molecular weight is 279 g/mol. The third-order valence-electron chi connectivity index (χ3n) is 3.47. The van der Waals surface area contributed by atoms with Gasteiger partial charge in [0.1, 0.15) is 0 Å². The Kier molecular flexibility index (Phi) is 3.12. The highest BCUT2D eigenvalue weighted by atomic mass is 19.3. The van der Waals surface area contributed by atoms with E-state index in [1.807, 2.05) is 30.5 Å². The van der Waals surface area contributed by atoms with Gasteiger partial charge in [-0.15, -0.1) is 0 Å². The zero-order valence-electron chi connectivity index (χ0n) is 11.0. The summed E-state index contributed by atoms with van der Waals surface area (Å²) in [7, 11) is 1.53. The second kappa shape index (κ2) is 4.81. The first kappa shape index (κ1) is 13.0. The van der Waals surface area contributed by atoms with Gasteiger partial charge in [0.15, 0.2) is 11.5 Å². The fourth-order valence-electron chi connectivity index (χ4n) is 2.11. The summed E-state index contributed by atoms with van der Waals surface area (Å²) < 4.78 is 36.3. The van der Waals surface area contributed by atoms with Gasteiger partial charge in [0.05, 0.1) is 19.6 Å². The minimum atomic E-state index is -2.56. The van der Waals surface area contributed by atoms with Gasteiger partial charge in [0, 0.05) is 23.9 Å². The number of halogens is 2. The zero-order chi connectivity index (χ0) is 14.2. The molecule has 2 aromatic rings.